The van der Waals surface area contributed by atoms with Crippen molar-refractivity contribution in [3.05, 3.63) is 313 Å². The van der Waals surface area contributed by atoms with Crippen LogP contribution in [0.15, 0.2) is 291 Å². The van der Waals surface area contributed by atoms with Crippen molar-refractivity contribution in [2.24, 2.45) is 0 Å². The Morgan fingerprint density at radius 1 is 0.219 bits per heavy atom. The number of hydrogen-bond donors (Lipinski definition) is 0. The lowest BCUT2D eigenvalue weighted by Gasteiger charge is -2.33. The van der Waals surface area contributed by atoms with Crippen LogP contribution in [-0.2, 0) is 10.8 Å². The maximum atomic E-state index is 2.69. The number of benzene rings is 14. The molecule has 2 unspecified atom stereocenters. The molecule has 0 spiro atoms. The van der Waals surface area contributed by atoms with Gasteiger partial charge in [-0.25, -0.2) is 0 Å². The van der Waals surface area contributed by atoms with Crippen LogP contribution in [0.2, 0.25) is 0 Å². The lowest BCUT2D eigenvalue weighted by molar-refractivity contribution is 0.663. The second kappa shape index (κ2) is 18.8. The number of fused-ring (bicyclic) bond motifs is 11. The molecule has 0 saturated carbocycles. The quantitative estimate of drug-likeness (QED) is 0.117. The molecule has 0 fully saturated rings. The Balaban J connectivity index is 1.09. The minimum absolute atomic E-state index is 0.323. The minimum atomic E-state index is -1.28. The first-order chi connectivity index (χ1) is 47.3. The molecule has 8 heteroatoms. The molecule has 0 aliphatic heterocycles. The predicted molar refractivity (Wildman–Crippen MR) is 406 cm³/mol. The van der Waals surface area contributed by atoms with Gasteiger partial charge in [-0.05, 0) is 166 Å². The second-order valence-corrected chi connectivity index (χ2v) is 31.7. The first-order valence-electron chi connectivity index (χ1n) is 33.5. The van der Waals surface area contributed by atoms with Crippen molar-refractivity contribution in [1.29, 1.82) is 0 Å². The zero-order valence-electron chi connectivity index (χ0n) is 53.3. The zero-order valence-corrected chi connectivity index (χ0v) is 55.1. The van der Waals surface area contributed by atoms with Gasteiger partial charge in [0.2, 0.25) is 0 Å². The van der Waals surface area contributed by atoms with Crippen molar-refractivity contribution in [2.75, 3.05) is 0 Å². The fourth-order valence-corrected chi connectivity index (χ4v) is 24.6. The van der Waals surface area contributed by atoms with Crippen molar-refractivity contribution in [1.82, 2.24) is 27.4 Å². The molecule has 0 N–H and O–H groups in total. The van der Waals surface area contributed by atoms with Gasteiger partial charge in [-0.3, -0.25) is 0 Å². The molecule has 20 aromatic rings. The summed E-state index contributed by atoms with van der Waals surface area (Å²) in [5.41, 5.74) is 31.8. The SMILES string of the molecule is CC1(C)c2ccccc2-c2cc3c4c(c21)n(-c1ccccc1)c1cccc2c1p4c1c(cc4c(cc5c6c4n(-c4ccccc4)c4cccc7c4p6c4c(cc6c(c4n7-c4ccccc4)C(C)(C)c4ccccc4-6)n5-c4ccccc4)c1n2-c1ccccc1)n3-c1ccccc1. The monoisotopic (exact) mass is 1260 g/mol. The maximum absolute atomic E-state index is 2.69. The molecule has 0 amide bonds. The molecule has 2 aliphatic carbocycles. The molecule has 6 aromatic heterocycles. The van der Waals surface area contributed by atoms with Gasteiger partial charge in [0.25, 0.3) is 0 Å². The van der Waals surface area contributed by atoms with Crippen LogP contribution < -0.4 is 0 Å². The number of rotatable bonds is 6. The summed E-state index contributed by atoms with van der Waals surface area (Å²) in [4.78, 5) is 0. The van der Waals surface area contributed by atoms with E-state index in [1.54, 1.807) is 0 Å². The molecule has 6 nitrogen and oxygen atoms in total. The summed E-state index contributed by atoms with van der Waals surface area (Å²) in [6.07, 6.45) is 0. The van der Waals surface area contributed by atoms with E-state index in [9.17, 15) is 0 Å². The molecular weight excluding hydrogens is 1200 g/mol. The Bertz CT molecular complexity index is 6350. The molecule has 2 atom stereocenters. The number of aromatic nitrogens is 6. The molecule has 452 valence electrons. The third kappa shape index (κ3) is 6.54. The first kappa shape index (κ1) is 53.1. The van der Waals surface area contributed by atoms with Crippen LogP contribution in [0.25, 0.3) is 164 Å². The maximum Gasteiger partial charge on any atom is 0.0678 e. The summed E-state index contributed by atoms with van der Waals surface area (Å²) >= 11 is 0. The molecule has 0 saturated heterocycles. The van der Waals surface area contributed by atoms with Crippen molar-refractivity contribution < 1.29 is 0 Å². The Kier molecular flexibility index (Phi) is 10.4. The van der Waals surface area contributed by atoms with Crippen LogP contribution in [-0.4, -0.2) is 27.4 Å². The normalized spacial score (nSPS) is 14.4. The number of para-hydroxylation sites is 6. The van der Waals surface area contributed by atoms with E-state index < -0.39 is 14.7 Å². The van der Waals surface area contributed by atoms with Gasteiger partial charge >= 0.3 is 0 Å². The van der Waals surface area contributed by atoms with E-state index in [0.29, 0.717) is 0 Å². The molecule has 96 heavy (non-hydrogen) atoms. The zero-order chi connectivity index (χ0) is 63.2. The highest BCUT2D eigenvalue weighted by atomic mass is 31.1. The lowest BCUT2D eigenvalue weighted by atomic mass is 9.81. The van der Waals surface area contributed by atoms with Gasteiger partial charge in [0.15, 0.2) is 0 Å². The smallest absolute Gasteiger partial charge is 0.0678 e. The molecule has 22 rings (SSSR count). The Labute approximate surface area is 554 Å². The van der Waals surface area contributed by atoms with Crippen LogP contribution in [0.5, 0.6) is 0 Å². The summed E-state index contributed by atoms with van der Waals surface area (Å²) in [5.74, 6) is 0. The van der Waals surface area contributed by atoms with Crippen molar-refractivity contribution in [2.45, 2.75) is 38.5 Å². The van der Waals surface area contributed by atoms with Gasteiger partial charge in [0.1, 0.15) is 0 Å². The van der Waals surface area contributed by atoms with E-state index in [-0.39, 0.29) is 10.8 Å². The third-order valence-electron chi connectivity index (χ3n) is 22.1. The average Bonchev–Trinajstić information content (AvgIpc) is 0.819. The van der Waals surface area contributed by atoms with Crippen molar-refractivity contribution in [3.8, 4) is 56.4 Å². The van der Waals surface area contributed by atoms with Crippen molar-refractivity contribution in [3.63, 3.8) is 0 Å². The lowest BCUT2D eigenvalue weighted by Crippen LogP contribution is -2.18. The van der Waals surface area contributed by atoms with E-state index >= 15 is 0 Å². The highest BCUT2D eigenvalue weighted by Gasteiger charge is 2.43. The molecular formula is C88H60N6P2. The van der Waals surface area contributed by atoms with Crippen LogP contribution in [0.3, 0.4) is 0 Å². The molecule has 6 heterocycles. The summed E-state index contributed by atoms with van der Waals surface area (Å²) in [6, 6.07) is 111. The fraction of sp³-hybridized carbons (Fsp3) is 0.0682. The Morgan fingerprint density at radius 3 is 0.802 bits per heavy atom. The predicted octanol–water partition coefficient (Wildman–Crippen LogP) is 24.3. The first-order valence-corrected chi connectivity index (χ1v) is 36.2. The largest absolute Gasteiger partial charge is 0.308 e. The average molecular weight is 1260 g/mol. The second-order valence-electron chi connectivity index (χ2n) is 27.6. The summed E-state index contributed by atoms with van der Waals surface area (Å²) in [5, 5.41) is 10.8. The summed E-state index contributed by atoms with van der Waals surface area (Å²) in [7, 11) is -2.56. The van der Waals surface area contributed by atoms with Crippen LogP contribution in [0.4, 0.5) is 0 Å². The van der Waals surface area contributed by atoms with Gasteiger partial charge < -0.3 is 27.4 Å². The van der Waals surface area contributed by atoms with E-state index in [2.05, 4.69) is 346 Å². The number of nitrogens with zero attached hydrogens (tertiary/aromatic N) is 6. The van der Waals surface area contributed by atoms with E-state index in [1.165, 1.54) is 152 Å². The van der Waals surface area contributed by atoms with Crippen LogP contribution >= 0.6 is 14.7 Å². The van der Waals surface area contributed by atoms with E-state index in [1.807, 2.05) is 0 Å². The Hall–Kier alpha value is -11.3. The summed E-state index contributed by atoms with van der Waals surface area (Å²) < 4.78 is 16.1. The topological polar surface area (TPSA) is 29.6 Å². The summed E-state index contributed by atoms with van der Waals surface area (Å²) in [6.45, 7) is 9.89. The van der Waals surface area contributed by atoms with Gasteiger partial charge in [0.05, 0.1) is 66.2 Å². The van der Waals surface area contributed by atoms with Crippen LogP contribution in [0, 0.1) is 0 Å². The molecule has 0 bridgehead atoms. The fourth-order valence-electron chi connectivity index (χ4n) is 18.4. The van der Waals surface area contributed by atoms with Gasteiger partial charge in [-0.15, -0.1) is 0 Å². The third-order valence-corrected chi connectivity index (χ3v) is 27.4. The highest BCUT2D eigenvalue weighted by Crippen LogP contribution is 2.65. The molecule has 14 aromatic carbocycles. The number of hydrogen-bond acceptors (Lipinski definition) is 0. The Morgan fingerprint density at radius 2 is 0.479 bits per heavy atom. The molecule has 2 aliphatic rings. The van der Waals surface area contributed by atoms with Crippen molar-refractivity contribution >= 4 is 122 Å². The minimum Gasteiger partial charge on any atom is -0.308 e. The van der Waals surface area contributed by atoms with Gasteiger partial charge in [0, 0.05) is 86.4 Å². The van der Waals surface area contributed by atoms with Crippen LogP contribution in [0.1, 0.15) is 49.9 Å². The highest BCUT2D eigenvalue weighted by molar-refractivity contribution is 7.64. The van der Waals surface area contributed by atoms with E-state index in [0.717, 1.165) is 34.1 Å². The molecule has 0 radical (unpaired) electrons. The van der Waals surface area contributed by atoms with E-state index in [4.69, 9.17) is 0 Å². The standard InChI is InChI=1S/C88H60N6P2/c1-87(2)65-43-25-23-41-59(65)61-49-71-85-79(75(61)87)93(57-37-19-9-20-38-57)69-47-27-45-67-81(69)95(85)83-73(89(71)53-29-11-5-12-30-53)51-64-63(77(83)91(67)55-33-15-7-16-34-55)52-74-84-78(64)92(56-35-17-8-18-36-56)68-46-28-48-70-82(68)96(84)86-72(90(74)54-31-13-6-14-32-54)50-62-60-42-24-26-44-66(60)88(3,4)76(62)80(86)94(70)58-39-21-10-22-40-58/h5-52H,1-4H3. The van der Waals surface area contributed by atoms with Gasteiger partial charge in [-0.1, -0.05) is 212 Å². The van der Waals surface area contributed by atoms with Gasteiger partial charge in [-0.2, -0.15) is 0 Å².